The Morgan fingerprint density at radius 3 is 2.41 bits per heavy atom. The highest BCUT2D eigenvalue weighted by molar-refractivity contribution is 7.89. The highest BCUT2D eigenvalue weighted by Gasteiger charge is 2.22. The minimum Gasteiger partial charge on any atom is -0.339 e. The van der Waals surface area contributed by atoms with E-state index < -0.39 is 15.8 Å². The van der Waals surface area contributed by atoms with E-state index in [9.17, 15) is 12.8 Å². The van der Waals surface area contributed by atoms with Crippen LogP contribution in [0.1, 0.15) is 32.5 Å². The number of hydrogen-bond donors (Lipinski definition) is 1. The van der Waals surface area contributed by atoms with E-state index in [1.165, 1.54) is 12.1 Å². The molecule has 1 N–H and O–H groups in total. The van der Waals surface area contributed by atoms with Crippen LogP contribution in [0.15, 0.2) is 33.7 Å². The standard InChI is InChI=1S/C14H18FN3O3S/c1-14(2,3)13-17-12(18-21-13)8-9-16-22(19,20)11-6-4-10(15)5-7-11/h4-7,16H,8-9H2,1-3H3. The van der Waals surface area contributed by atoms with Crippen LogP contribution in [-0.4, -0.2) is 25.1 Å². The first kappa shape index (κ1) is 16.6. The zero-order valence-corrected chi connectivity index (χ0v) is 13.4. The van der Waals surface area contributed by atoms with E-state index in [4.69, 9.17) is 4.52 Å². The van der Waals surface area contributed by atoms with Gasteiger partial charge in [-0.15, -0.1) is 0 Å². The lowest BCUT2D eigenvalue weighted by molar-refractivity contribution is 0.318. The normalized spacial score (nSPS) is 12.5. The Morgan fingerprint density at radius 1 is 1.23 bits per heavy atom. The fourth-order valence-corrected chi connectivity index (χ4v) is 2.69. The Kier molecular flexibility index (Phi) is 4.62. The lowest BCUT2D eigenvalue weighted by Crippen LogP contribution is -2.26. The molecule has 0 spiro atoms. The summed E-state index contributed by atoms with van der Waals surface area (Å²) in [5.74, 6) is 0.455. The van der Waals surface area contributed by atoms with Crippen LogP contribution >= 0.6 is 0 Å². The maximum atomic E-state index is 12.8. The lowest BCUT2D eigenvalue weighted by atomic mass is 9.97. The number of benzene rings is 1. The summed E-state index contributed by atoms with van der Waals surface area (Å²) in [6, 6.07) is 4.63. The molecular formula is C14H18FN3O3S. The van der Waals surface area contributed by atoms with Gasteiger partial charge in [-0.05, 0) is 24.3 Å². The first-order valence-corrected chi connectivity index (χ1v) is 8.25. The lowest BCUT2D eigenvalue weighted by Gasteiger charge is -2.10. The molecule has 0 aliphatic rings. The molecule has 0 aliphatic carbocycles. The van der Waals surface area contributed by atoms with Crippen LogP contribution in [0.3, 0.4) is 0 Å². The molecule has 0 saturated heterocycles. The van der Waals surface area contributed by atoms with Crippen LogP contribution in [0, 0.1) is 5.82 Å². The summed E-state index contributed by atoms with van der Waals surface area (Å²) in [7, 11) is -3.67. The molecule has 0 radical (unpaired) electrons. The molecule has 22 heavy (non-hydrogen) atoms. The second kappa shape index (κ2) is 6.13. The average Bonchev–Trinajstić information content (AvgIpc) is 2.88. The van der Waals surface area contributed by atoms with Crippen molar-refractivity contribution in [3.8, 4) is 0 Å². The van der Waals surface area contributed by atoms with Crippen molar-refractivity contribution in [1.82, 2.24) is 14.9 Å². The third-order valence-corrected chi connectivity index (χ3v) is 4.35. The van der Waals surface area contributed by atoms with Gasteiger partial charge in [0.25, 0.3) is 0 Å². The number of rotatable bonds is 5. The highest BCUT2D eigenvalue weighted by atomic mass is 32.2. The third-order valence-electron chi connectivity index (χ3n) is 2.87. The van der Waals surface area contributed by atoms with E-state index >= 15 is 0 Å². The number of aromatic nitrogens is 2. The van der Waals surface area contributed by atoms with Crippen LogP contribution in [0.25, 0.3) is 0 Å². The van der Waals surface area contributed by atoms with Crippen molar-refractivity contribution in [2.24, 2.45) is 0 Å². The molecule has 0 aliphatic heterocycles. The molecule has 0 saturated carbocycles. The van der Waals surface area contributed by atoms with Gasteiger partial charge in [-0.3, -0.25) is 0 Å². The van der Waals surface area contributed by atoms with Gasteiger partial charge >= 0.3 is 0 Å². The van der Waals surface area contributed by atoms with Crippen molar-refractivity contribution in [2.45, 2.75) is 37.5 Å². The summed E-state index contributed by atoms with van der Waals surface area (Å²) < 4.78 is 44.4. The van der Waals surface area contributed by atoms with E-state index in [1.54, 1.807) is 0 Å². The van der Waals surface area contributed by atoms with Crippen LogP contribution < -0.4 is 4.72 Å². The summed E-state index contributed by atoms with van der Waals surface area (Å²) in [5, 5.41) is 3.82. The monoisotopic (exact) mass is 327 g/mol. The van der Waals surface area contributed by atoms with Crippen LogP contribution in [0.5, 0.6) is 0 Å². The fraction of sp³-hybridized carbons (Fsp3) is 0.429. The molecule has 2 aromatic rings. The van der Waals surface area contributed by atoms with Gasteiger partial charge in [0.2, 0.25) is 15.9 Å². The summed E-state index contributed by atoms with van der Waals surface area (Å²) in [6.07, 6.45) is 0.306. The Morgan fingerprint density at radius 2 is 1.86 bits per heavy atom. The minimum atomic E-state index is -3.67. The molecule has 0 unspecified atom stereocenters. The van der Waals surface area contributed by atoms with Crippen LogP contribution in [0.4, 0.5) is 4.39 Å². The first-order chi connectivity index (χ1) is 10.2. The molecule has 2 rings (SSSR count). The van der Waals surface area contributed by atoms with Gasteiger partial charge in [0.1, 0.15) is 5.82 Å². The maximum Gasteiger partial charge on any atom is 0.240 e. The smallest absolute Gasteiger partial charge is 0.240 e. The van der Waals surface area contributed by atoms with Gasteiger partial charge in [0, 0.05) is 18.4 Å². The highest BCUT2D eigenvalue weighted by Crippen LogP contribution is 2.19. The van der Waals surface area contributed by atoms with Gasteiger partial charge < -0.3 is 4.52 Å². The van der Waals surface area contributed by atoms with Crippen molar-refractivity contribution < 1.29 is 17.3 Å². The summed E-state index contributed by atoms with van der Waals surface area (Å²) in [4.78, 5) is 4.23. The first-order valence-electron chi connectivity index (χ1n) is 6.77. The topological polar surface area (TPSA) is 85.1 Å². The van der Waals surface area contributed by atoms with Crippen LogP contribution in [-0.2, 0) is 21.9 Å². The summed E-state index contributed by atoms with van der Waals surface area (Å²) in [5.41, 5.74) is -0.251. The molecule has 8 heteroatoms. The predicted octanol–water partition coefficient (Wildman–Crippen LogP) is 2.03. The van der Waals surface area contributed by atoms with Gasteiger partial charge in [-0.1, -0.05) is 25.9 Å². The maximum absolute atomic E-state index is 12.8. The predicted molar refractivity (Wildman–Crippen MR) is 78.3 cm³/mol. The Labute approximate surface area is 128 Å². The van der Waals surface area contributed by atoms with E-state index in [-0.39, 0.29) is 16.9 Å². The van der Waals surface area contributed by atoms with Gasteiger partial charge in [0.05, 0.1) is 4.90 Å². The molecule has 1 aromatic carbocycles. The minimum absolute atomic E-state index is 0.0115. The second-order valence-electron chi connectivity index (χ2n) is 5.87. The summed E-state index contributed by atoms with van der Waals surface area (Å²) >= 11 is 0. The third kappa shape index (κ3) is 4.11. The Balaban J connectivity index is 1.95. The van der Waals surface area contributed by atoms with Crippen molar-refractivity contribution in [3.63, 3.8) is 0 Å². The zero-order chi connectivity index (χ0) is 16.4. The quantitative estimate of drug-likeness (QED) is 0.908. The number of nitrogens with one attached hydrogen (secondary N) is 1. The molecular weight excluding hydrogens is 309 g/mol. The zero-order valence-electron chi connectivity index (χ0n) is 12.6. The van der Waals surface area contributed by atoms with E-state index in [1.807, 2.05) is 20.8 Å². The number of nitrogens with zero attached hydrogens (tertiary/aromatic N) is 2. The van der Waals surface area contributed by atoms with E-state index in [2.05, 4.69) is 14.9 Å². The van der Waals surface area contributed by atoms with E-state index in [0.29, 0.717) is 18.1 Å². The molecule has 120 valence electrons. The van der Waals surface area contributed by atoms with Crippen molar-refractivity contribution in [3.05, 3.63) is 41.8 Å². The van der Waals surface area contributed by atoms with Gasteiger partial charge in [0.15, 0.2) is 5.82 Å². The second-order valence-corrected chi connectivity index (χ2v) is 7.63. The number of sulfonamides is 1. The summed E-state index contributed by atoms with van der Waals surface area (Å²) in [6.45, 7) is 5.97. The SMILES string of the molecule is CC(C)(C)c1nc(CCNS(=O)(=O)c2ccc(F)cc2)no1. The molecule has 6 nitrogen and oxygen atoms in total. The van der Waals surface area contributed by atoms with Crippen molar-refractivity contribution >= 4 is 10.0 Å². The van der Waals surface area contributed by atoms with Gasteiger partial charge in [-0.2, -0.15) is 4.98 Å². The average molecular weight is 327 g/mol. The number of halogens is 1. The largest absolute Gasteiger partial charge is 0.339 e. The Bertz CT molecular complexity index is 733. The fourth-order valence-electron chi connectivity index (χ4n) is 1.65. The van der Waals surface area contributed by atoms with Crippen LogP contribution in [0.2, 0.25) is 0 Å². The molecule has 0 amide bonds. The Hall–Kier alpha value is -1.80. The molecule has 0 bridgehead atoms. The molecule has 1 heterocycles. The molecule has 0 fully saturated rings. The van der Waals surface area contributed by atoms with Crippen molar-refractivity contribution in [2.75, 3.05) is 6.54 Å². The molecule has 1 aromatic heterocycles. The van der Waals surface area contributed by atoms with E-state index in [0.717, 1.165) is 12.1 Å². The van der Waals surface area contributed by atoms with Gasteiger partial charge in [-0.25, -0.2) is 17.5 Å². The molecule has 0 atom stereocenters. The number of hydrogen-bond acceptors (Lipinski definition) is 5. The van der Waals surface area contributed by atoms with Crippen molar-refractivity contribution in [1.29, 1.82) is 0 Å².